The van der Waals surface area contributed by atoms with Crippen LogP contribution in [0.3, 0.4) is 0 Å². The molecule has 6 heteroatoms. The minimum atomic E-state index is -0.316. The number of amides is 1. The van der Waals surface area contributed by atoms with Gasteiger partial charge in [0.15, 0.2) is 0 Å². The molecule has 3 unspecified atom stereocenters. The van der Waals surface area contributed by atoms with Crippen molar-refractivity contribution in [1.29, 1.82) is 0 Å². The van der Waals surface area contributed by atoms with Gasteiger partial charge in [-0.3, -0.25) is 14.4 Å². The van der Waals surface area contributed by atoms with E-state index in [0.29, 0.717) is 12.5 Å². The van der Waals surface area contributed by atoms with E-state index in [9.17, 15) is 9.90 Å². The number of carbonyl (C=O) groups excluding carboxylic acids is 1. The van der Waals surface area contributed by atoms with Crippen LogP contribution in [0.2, 0.25) is 0 Å². The maximum absolute atomic E-state index is 12.6. The Morgan fingerprint density at radius 3 is 2.80 bits per heavy atom. The highest BCUT2D eigenvalue weighted by atomic mass is 16.3. The van der Waals surface area contributed by atoms with Gasteiger partial charge in [0.25, 0.3) is 0 Å². The van der Waals surface area contributed by atoms with Crippen molar-refractivity contribution in [1.82, 2.24) is 14.7 Å². The highest BCUT2D eigenvalue weighted by Gasteiger charge is 2.39. The average Bonchev–Trinajstić information content (AvgIpc) is 2.99. The second-order valence-electron chi connectivity index (χ2n) is 5.99. The summed E-state index contributed by atoms with van der Waals surface area (Å²) in [4.78, 5) is 16.5. The molecule has 3 rings (SSSR count). The molecule has 3 heterocycles. The lowest BCUT2D eigenvalue weighted by molar-refractivity contribution is -0.123. The third-order valence-electron chi connectivity index (χ3n) is 4.57. The molecule has 6 nitrogen and oxygen atoms in total. The molecule has 1 N–H and O–H groups in total. The van der Waals surface area contributed by atoms with E-state index in [1.54, 1.807) is 10.9 Å². The molecular weight excluding hydrogens is 256 g/mol. The van der Waals surface area contributed by atoms with Gasteiger partial charge in [-0.15, -0.1) is 0 Å². The molecule has 110 valence electrons. The Hall–Kier alpha value is -1.40. The summed E-state index contributed by atoms with van der Waals surface area (Å²) >= 11 is 0. The normalized spacial score (nSPS) is 32.0. The van der Waals surface area contributed by atoms with Gasteiger partial charge in [-0.2, -0.15) is 5.10 Å². The molecule has 0 spiro atoms. The summed E-state index contributed by atoms with van der Waals surface area (Å²) in [7, 11) is 1.85. The Labute approximate surface area is 119 Å². The summed E-state index contributed by atoms with van der Waals surface area (Å²) in [5.74, 6) is 0.469. The molecule has 2 fully saturated rings. The summed E-state index contributed by atoms with van der Waals surface area (Å²) in [6.07, 6.45) is 5.07. The number of anilines is 1. The van der Waals surface area contributed by atoms with E-state index < -0.39 is 0 Å². The van der Waals surface area contributed by atoms with Gasteiger partial charge in [-0.05, 0) is 25.3 Å². The molecule has 2 saturated heterocycles. The van der Waals surface area contributed by atoms with Crippen LogP contribution in [0.5, 0.6) is 0 Å². The van der Waals surface area contributed by atoms with Gasteiger partial charge >= 0.3 is 0 Å². The van der Waals surface area contributed by atoms with Gasteiger partial charge < -0.3 is 10.0 Å². The minimum Gasteiger partial charge on any atom is -0.392 e. The van der Waals surface area contributed by atoms with Gasteiger partial charge in [0.1, 0.15) is 0 Å². The molecule has 1 aromatic heterocycles. The van der Waals surface area contributed by atoms with Crippen molar-refractivity contribution in [3.63, 3.8) is 0 Å². The Morgan fingerprint density at radius 1 is 1.35 bits per heavy atom. The van der Waals surface area contributed by atoms with Crippen molar-refractivity contribution >= 4 is 11.6 Å². The number of piperidine rings is 1. The third kappa shape index (κ3) is 2.33. The molecule has 1 aromatic rings. The summed E-state index contributed by atoms with van der Waals surface area (Å²) in [6.45, 7) is 4.31. The maximum Gasteiger partial charge on any atom is 0.244 e. The highest BCUT2D eigenvalue weighted by molar-refractivity contribution is 5.99. The van der Waals surface area contributed by atoms with E-state index in [4.69, 9.17) is 0 Å². The number of aliphatic hydroxyl groups is 1. The maximum atomic E-state index is 12.6. The first-order valence-corrected chi connectivity index (χ1v) is 7.28. The van der Waals surface area contributed by atoms with Crippen LogP contribution in [0, 0.1) is 5.92 Å². The Balaban J connectivity index is 1.70. The van der Waals surface area contributed by atoms with Crippen LogP contribution in [0.25, 0.3) is 0 Å². The predicted octanol–water partition coefficient (Wildman–Crippen LogP) is 0.228. The van der Waals surface area contributed by atoms with Crippen molar-refractivity contribution < 1.29 is 9.90 Å². The SMILES string of the molecule is CC1CCN(C2CCN(c3cnn(C)c3)C2=O)CC1O. The van der Waals surface area contributed by atoms with Gasteiger partial charge in [-0.1, -0.05) is 6.92 Å². The molecule has 0 radical (unpaired) electrons. The van der Waals surface area contributed by atoms with Crippen molar-refractivity contribution in [2.75, 3.05) is 24.5 Å². The zero-order chi connectivity index (χ0) is 14.3. The molecular formula is C14H22N4O2. The number of hydrogen-bond acceptors (Lipinski definition) is 4. The van der Waals surface area contributed by atoms with Crippen LogP contribution in [0.15, 0.2) is 12.4 Å². The average molecular weight is 278 g/mol. The number of hydrogen-bond donors (Lipinski definition) is 1. The minimum absolute atomic E-state index is 0.0858. The number of aryl methyl sites for hydroxylation is 1. The van der Waals surface area contributed by atoms with Gasteiger partial charge in [0, 0.05) is 26.3 Å². The lowest BCUT2D eigenvalue weighted by atomic mass is 9.94. The molecule has 1 amide bonds. The molecule has 2 aliphatic rings. The molecule has 0 saturated carbocycles. The standard InChI is InChI=1S/C14H22N4O2/c1-10-3-5-17(9-13(10)19)12-4-6-18(14(12)20)11-7-15-16(2)8-11/h7-8,10,12-13,19H,3-6,9H2,1-2H3. The van der Waals surface area contributed by atoms with Gasteiger partial charge in [-0.25, -0.2) is 0 Å². The number of aliphatic hydroxyl groups excluding tert-OH is 1. The van der Waals surface area contributed by atoms with E-state index in [1.165, 1.54) is 0 Å². The van der Waals surface area contributed by atoms with Gasteiger partial charge in [0.05, 0.1) is 24.0 Å². The fraction of sp³-hybridized carbons (Fsp3) is 0.714. The smallest absolute Gasteiger partial charge is 0.244 e. The molecule has 3 atom stereocenters. The van der Waals surface area contributed by atoms with Crippen LogP contribution < -0.4 is 4.90 Å². The Bertz CT molecular complexity index is 501. The molecule has 0 bridgehead atoms. The number of nitrogens with zero attached hydrogens (tertiary/aromatic N) is 4. The zero-order valence-corrected chi connectivity index (χ0v) is 12.1. The monoisotopic (exact) mass is 278 g/mol. The van der Waals surface area contributed by atoms with Crippen molar-refractivity contribution in [2.45, 2.75) is 31.9 Å². The van der Waals surface area contributed by atoms with Gasteiger partial charge in [0.2, 0.25) is 5.91 Å². The fourth-order valence-electron chi connectivity index (χ4n) is 3.16. The van der Waals surface area contributed by atoms with Crippen LogP contribution in [0.4, 0.5) is 5.69 Å². The van der Waals surface area contributed by atoms with Crippen LogP contribution in [-0.2, 0) is 11.8 Å². The summed E-state index contributed by atoms with van der Waals surface area (Å²) in [5, 5.41) is 14.1. The highest BCUT2D eigenvalue weighted by Crippen LogP contribution is 2.27. The number of likely N-dealkylation sites (tertiary alicyclic amines) is 1. The van der Waals surface area contributed by atoms with Crippen LogP contribution in [-0.4, -0.2) is 57.5 Å². The Kier molecular flexibility index (Phi) is 3.52. The fourth-order valence-corrected chi connectivity index (χ4v) is 3.16. The lowest BCUT2D eigenvalue weighted by Gasteiger charge is -2.37. The van der Waals surface area contributed by atoms with Crippen molar-refractivity contribution in [3.05, 3.63) is 12.4 Å². The molecule has 20 heavy (non-hydrogen) atoms. The van der Waals surface area contributed by atoms with Crippen LogP contribution >= 0.6 is 0 Å². The van der Waals surface area contributed by atoms with Crippen molar-refractivity contribution in [3.8, 4) is 0 Å². The summed E-state index contributed by atoms with van der Waals surface area (Å²) < 4.78 is 1.71. The molecule has 2 aliphatic heterocycles. The van der Waals surface area contributed by atoms with Crippen LogP contribution in [0.1, 0.15) is 19.8 Å². The van der Waals surface area contributed by atoms with E-state index in [-0.39, 0.29) is 18.1 Å². The first-order valence-electron chi connectivity index (χ1n) is 7.28. The zero-order valence-electron chi connectivity index (χ0n) is 12.1. The topological polar surface area (TPSA) is 61.6 Å². The third-order valence-corrected chi connectivity index (χ3v) is 4.57. The van der Waals surface area contributed by atoms with E-state index >= 15 is 0 Å². The first-order chi connectivity index (χ1) is 9.56. The lowest BCUT2D eigenvalue weighted by Crippen LogP contribution is -2.50. The molecule has 0 aliphatic carbocycles. The van der Waals surface area contributed by atoms with E-state index in [0.717, 1.165) is 31.6 Å². The van der Waals surface area contributed by atoms with Crippen molar-refractivity contribution in [2.24, 2.45) is 13.0 Å². The predicted molar refractivity (Wildman–Crippen MR) is 75.3 cm³/mol. The molecule has 0 aromatic carbocycles. The van der Waals surface area contributed by atoms with E-state index in [2.05, 4.69) is 16.9 Å². The summed E-state index contributed by atoms with van der Waals surface area (Å²) in [5.41, 5.74) is 0.867. The number of rotatable bonds is 2. The second-order valence-corrected chi connectivity index (χ2v) is 5.99. The number of carbonyl (C=O) groups is 1. The Morgan fingerprint density at radius 2 is 2.15 bits per heavy atom. The number of aromatic nitrogens is 2. The number of β-amino-alcohol motifs (C(OH)–C–C–N with tert-alkyl or cyclic N) is 1. The first kappa shape index (κ1) is 13.6. The quantitative estimate of drug-likeness (QED) is 0.841. The van der Waals surface area contributed by atoms with E-state index in [1.807, 2.05) is 18.1 Å². The summed E-state index contributed by atoms with van der Waals surface area (Å²) in [6, 6.07) is -0.0858. The second kappa shape index (κ2) is 5.18. The largest absolute Gasteiger partial charge is 0.392 e.